The number of para-hydroxylation sites is 2. The first kappa shape index (κ1) is 17.3. The van der Waals surface area contributed by atoms with Crippen molar-refractivity contribution in [3.63, 3.8) is 0 Å². The Morgan fingerprint density at radius 2 is 1.96 bits per heavy atom. The first-order chi connectivity index (χ1) is 11.4. The Balaban J connectivity index is 1.65. The Bertz CT molecular complexity index is 884. The quantitative estimate of drug-likeness (QED) is 0.756. The summed E-state index contributed by atoms with van der Waals surface area (Å²) in [4.78, 5) is 13.8. The summed E-state index contributed by atoms with van der Waals surface area (Å²) in [6.07, 6.45) is -0.996. The molecule has 1 aliphatic heterocycles. The zero-order valence-electron chi connectivity index (χ0n) is 11.8. The number of amides is 1. The monoisotopic (exact) mass is 408 g/mol. The van der Waals surface area contributed by atoms with Gasteiger partial charge in [0, 0.05) is 0 Å². The third kappa shape index (κ3) is 3.60. The van der Waals surface area contributed by atoms with Crippen LogP contribution in [0.15, 0.2) is 35.2 Å². The lowest BCUT2D eigenvalue weighted by Gasteiger charge is -2.25. The van der Waals surface area contributed by atoms with E-state index in [2.05, 4.69) is 5.43 Å². The van der Waals surface area contributed by atoms with Crippen molar-refractivity contribution in [3.05, 3.63) is 39.0 Å². The lowest BCUT2D eigenvalue weighted by Crippen LogP contribution is -2.50. The van der Waals surface area contributed by atoms with Crippen molar-refractivity contribution in [1.82, 2.24) is 10.3 Å². The van der Waals surface area contributed by atoms with Crippen molar-refractivity contribution in [1.29, 1.82) is 0 Å². The van der Waals surface area contributed by atoms with Gasteiger partial charge in [-0.25, -0.2) is 8.42 Å². The standard InChI is InChI=1S/C13H10Cl2N2O5S2/c14-11-5-10(12(15)23-11)24(19,20)17-16-13(18)9-6-21-7-3-1-2-4-8(7)22-9/h1-5,9,17H,6H2,(H,16,18). The largest absolute Gasteiger partial charge is 0.485 e. The van der Waals surface area contributed by atoms with Gasteiger partial charge in [0.1, 0.15) is 15.8 Å². The molecule has 0 radical (unpaired) electrons. The van der Waals surface area contributed by atoms with Crippen molar-refractivity contribution >= 4 is 50.5 Å². The highest BCUT2D eigenvalue weighted by Crippen LogP contribution is 2.34. The summed E-state index contributed by atoms with van der Waals surface area (Å²) < 4.78 is 35.3. The highest BCUT2D eigenvalue weighted by Gasteiger charge is 2.29. The van der Waals surface area contributed by atoms with Crippen LogP contribution in [0.1, 0.15) is 0 Å². The number of thiophene rings is 1. The predicted octanol–water partition coefficient (Wildman–Crippen LogP) is 2.20. The summed E-state index contributed by atoms with van der Waals surface area (Å²) in [5.41, 5.74) is 2.08. The second-order valence-corrected chi connectivity index (χ2v) is 8.58. The minimum Gasteiger partial charge on any atom is -0.485 e. The van der Waals surface area contributed by atoms with E-state index in [1.807, 2.05) is 4.83 Å². The molecule has 0 fully saturated rings. The molecule has 2 N–H and O–H groups in total. The fraction of sp³-hybridized carbons (Fsp3) is 0.154. The van der Waals surface area contributed by atoms with Crippen LogP contribution in [0, 0.1) is 0 Å². The second kappa shape index (κ2) is 6.77. The maximum absolute atomic E-state index is 12.1. The van der Waals surface area contributed by atoms with Crippen LogP contribution in [0.25, 0.3) is 0 Å². The number of benzene rings is 1. The van der Waals surface area contributed by atoms with E-state index in [1.54, 1.807) is 24.3 Å². The number of sulfonamides is 1. The van der Waals surface area contributed by atoms with Crippen LogP contribution in [-0.2, 0) is 14.8 Å². The molecule has 11 heteroatoms. The molecule has 0 spiro atoms. The molecule has 0 saturated heterocycles. The van der Waals surface area contributed by atoms with E-state index in [9.17, 15) is 13.2 Å². The molecular formula is C13H10Cl2N2O5S2. The summed E-state index contributed by atoms with van der Waals surface area (Å²) >= 11 is 12.4. The third-order valence-corrected chi connectivity index (χ3v) is 6.03. The average molecular weight is 409 g/mol. The summed E-state index contributed by atoms with van der Waals surface area (Å²) in [5.74, 6) is 0.215. The Labute approximate surface area is 151 Å². The van der Waals surface area contributed by atoms with Crippen molar-refractivity contribution < 1.29 is 22.7 Å². The fourth-order valence-electron chi connectivity index (χ4n) is 1.91. The van der Waals surface area contributed by atoms with Gasteiger partial charge in [-0.15, -0.1) is 16.2 Å². The van der Waals surface area contributed by atoms with Crippen LogP contribution in [0.4, 0.5) is 0 Å². The van der Waals surface area contributed by atoms with Gasteiger partial charge in [-0.2, -0.15) is 0 Å². The molecule has 3 rings (SSSR count). The summed E-state index contributed by atoms with van der Waals surface area (Å²) in [6.45, 7) is -0.0460. The minimum absolute atomic E-state index is 0.00655. The number of fused-ring (bicyclic) bond motifs is 1. The number of ether oxygens (including phenoxy) is 2. The number of nitrogens with one attached hydrogen (secondary N) is 2. The molecule has 1 aromatic carbocycles. The molecule has 2 aromatic rings. The van der Waals surface area contributed by atoms with E-state index in [0.29, 0.717) is 11.5 Å². The zero-order valence-corrected chi connectivity index (χ0v) is 14.9. The van der Waals surface area contributed by atoms with Crippen LogP contribution in [0.2, 0.25) is 8.67 Å². The predicted molar refractivity (Wildman–Crippen MR) is 89.2 cm³/mol. The minimum atomic E-state index is -4.05. The first-order valence-corrected chi connectivity index (χ1v) is 9.57. The topological polar surface area (TPSA) is 93.7 Å². The molecule has 1 unspecified atom stereocenters. The number of hydrazine groups is 1. The Morgan fingerprint density at radius 3 is 2.62 bits per heavy atom. The normalized spacial score (nSPS) is 16.7. The van der Waals surface area contributed by atoms with Crippen LogP contribution >= 0.6 is 34.5 Å². The van der Waals surface area contributed by atoms with E-state index in [4.69, 9.17) is 32.7 Å². The van der Waals surface area contributed by atoms with Gasteiger partial charge in [0.15, 0.2) is 11.5 Å². The van der Waals surface area contributed by atoms with Gasteiger partial charge in [0.25, 0.3) is 15.9 Å². The Morgan fingerprint density at radius 1 is 1.25 bits per heavy atom. The number of carbonyl (C=O) groups is 1. The summed E-state index contributed by atoms with van der Waals surface area (Å²) in [6, 6.07) is 8.04. The number of carbonyl (C=O) groups excluding carboxylic acids is 1. The molecule has 1 amide bonds. The van der Waals surface area contributed by atoms with Crippen molar-refractivity contribution in [2.24, 2.45) is 0 Å². The van der Waals surface area contributed by atoms with E-state index in [1.165, 1.54) is 6.07 Å². The molecule has 0 bridgehead atoms. The molecular weight excluding hydrogens is 399 g/mol. The zero-order chi connectivity index (χ0) is 17.3. The van der Waals surface area contributed by atoms with Crippen molar-refractivity contribution in [2.75, 3.05) is 6.61 Å². The molecule has 1 aliphatic rings. The van der Waals surface area contributed by atoms with E-state index in [-0.39, 0.29) is 20.2 Å². The first-order valence-electron chi connectivity index (χ1n) is 6.52. The molecule has 2 heterocycles. The highest BCUT2D eigenvalue weighted by atomic mass is 35.5. The van der Waals surface area contributed by atoms with Crippen LogP contribution in [0.5, 0.6) is 11.5 Å². The van der Waals surface area contributed by atoms with Crippen LogP contribution in [0.3, 0.4) is 0 Å². The maximum Gasteiger partial charge on any atom is 0.279 e. The van der Waals surface area contributed by atoms with Gasteiger partial charge in [-0.05, 0) is 18.2 Å². The fourth-order valence-corrected chi connectivity index (χ4v) is 4.91. The highest BCUT2D eigenvalue weighted by molar-refractivity contribution is 7.89. The maximum atomic E-state index is 12.1. The number of halogens is 2. The smallest absolute Gasteiger partial charge is 0.279 e. The second-order valence-electron chi connectivity index (χ2n) is 4.65. The average Bonchev–Trinajstić information content (AvgIpc) is 2.91. The number of hydrogen-bond acceptors (Lipinski definition) is 6. The molecule has 24 heavy (non-hydrogen) atoms. The molecule has 0 aliphatic carbocycles. The van der Waals surface area contributed by atoms with E-state index >= 15 is 0 Å². The van der Waals surface area contributed by atoms with Crippen LogP contribution < -0.4 is 19.7 Å². The van der Waals surface area contributed by atoms with Crippen LogP contribution in [-0.4, -0.2) is 27.0 Å². The molecule has 128 valence electrons. The van der Waals surface area contributed by atoms with Crippen molar-refractivity contribution in [2.45, 2.75) is 11.0 Å². The molecule has 1 aromatic heterocycles. The van der Waals surface area contributed by atoms with Gasteiger partial charge in [0.05, 0.1) is 4.34 Å². The third-order valence-electron chi connectivity index (χ3n) is 3.02. The number of hydrogen-bond donors (Lipinski definition) is 2. The molecule has 0 saturated carbocycles. The lowest BCUT2D eigenvalue weighted by atomic mass is 10.2. The Kier molecular flexibility index (Phi) is 4.88. The molecule has 1 atom stereocenters. The Hall–Kier alpha value is -1.52. The van der Waals surface area contributed by atoms with Gasteiger partial charge >= 0.3 is 0 Å². The van der Waals surface area contributed by atoms with Gasteiger partial charge in [-0.3, -0.25) is 10.2 Å². The summed E-state index contributed by atoms with van der Waals surface area (Å²) in [5, 5.41) is 0. The van der Waals surface area contributed by atoms with E-state index in [0.717, 1.165) is 11.3 Å². The number of rotatable bonds is 4. The molecule has 7 nitrogen and oxygen atoms in total. The lowest BCUT2D eigenvalue weighted by molar-refractivity contribution is -0.130. The van der Waals surface area contributed by atoms with Crippen molar-refractivity contribution in [3.8, 4) is 11.5 Å². The van der Waals surface area contributed by atoms with E-state index < -0.39 is 22.0 Å². The van der Waals surface area contributed by atoms with Gasteiger partial charge < -0.3 is 9.47 Å². The van der Waals surface area contributed by atoms with Gasteiger partial charge in [-0.1, -0.05) is 35.3 Å². The SMILES string of the molecule is O=C(NNS(=O)(=O)c1cc(Cl)sc1Cl)C1COc2ccccc2O1. The summed E-state index contributed by atoms with van der Waals surface area (Å²) in [7, 11) is -4.05. The van der Waals surface area contributed by atoms with Gasteiger partial charge in [0.2, 0.25) is 6.10 Å².